The summed E-state index contributed by atoms with van der Waals surface area (Å²) >= 11 is 0. The van der Waals surface area contributed by atoms with Crippen molar-refractivity contribution in [1.82, 2.24) is 0 Å². The molecule has 2 bridgehead atoms. The zero-order valence-electron chi connectivity index (χ0n) is 17.2. The highest BCUT2D eigenvalue weighted by Crippen LogP contribution is 2.71. The van der Waals surface area contributed by atoms with E-state index in [1.165, 1.54) is 19.5 Å². The van der Waals surface area contributed by atoms with E-state index in [1.54, 1.807) is 6.07 Å². The second-order valence-electron chi connectivity index (χ2n) is 9.49. The Morgan fingerprint density at radius 2 is 2.13 bits per heavy atom. The van der Waals surface area contributed by atoms with E-state index in [-0.39, 0.29) is 30.8 Å². The Kier molecular flexibility index (Phi) is 4.37. The van der Waals surface area contributed by atoms with E-state index in [1.807, 2.05) is 6.92 Å². The number of carbonyl (C=O) groups is 2. The molecule has 4 aliphatic rings. The fraction of sp³-hybridized carbons (Fsp3) is 0.727. The smallest absolute Gasteiger partial charge is 0.312 e. The lowest BCUT2D eigenvalue weighted by Crippen LogP contribution is -2.74. The third-order valence-corrected chi connectivity index (χ3v) is 8.36. The molecule has 2 N–H and O–H groups in total. The summed E-state index contributed by atoms with van der Waals surface area (Å²) in [4.78, 5) is 25.3. The summed E-state index contributed by atoms with van der Waals surface area (Å²) in [6.07, 6.45) is 2.51. The highest BCUT2D eigenvalue weighted by molar-refractivity contribution is 5.80. The van der Waals surface area contributed by atoms with E-state index in [9.17, 15) is 19.8 Å². The van der Waals surface area contributed by atoms with Crippen molar-refractivity contribution in [3.63, 3.8) is 0 Å². The third kappa shape index (κ3) is 2.38. The molecule has 8 nitrogen and oxygen atoms in total. The zero-order chi connectivity index (χ0) is 21.3. The van der Waals surface area contributed by atoms with Crippen LogP contribution < -0.4 is 0 Å². The molecule has 8 heteroatoms. The molecular weight excluding hydrogens is 392 g/mol. The van der Waals surface area contributed by atoms with Gasteiger partial charge in [-0.2, -0.15) is 0 Å². The van der Waals surface area contributed by atoms with E-state index in [0.717, 1.165) is 0 Å². The van der Waals surface area contributed by atoms with Crippen molar-refractivity contribution in [2.24, 2.45) is 22.7 Å². The van der Waals surface area contributed by atoms with Crippen molar-refractivity contribution in [1.29, 1.82) is 0 Å². The number of esters is 2. The van der Waals surface area contributed by atoms with Gasteiger partial charge in [-0.25, -0.2) is 0 Å². The van der Waals surface area contributed by atoms with Crippen LogP contribution in [0, 0.1) is 22.7 Å². The Morgan fingerprint density at radius 1 is 1.37 bits per heavy atom. The van der Waals surface area contributed by atoms with Crippen molar-refractivity contribution >= 4 is 11.9 Å². The van der Waals surface area contributed by atoms with Crippen LogP contribution >= 0.6 is 0 Å². The van der Waals surface area contributed by atoms with Gasteiger partial charge in [0.2, 0.25) is 0 Å². The Morgan fingerprint density at radius 3 is 2.77 bits per heavy atom. The Balaban J connectivity index is 1.62. The van der Waals surface area contributed by atoms with Gasteiger partial charge in [0.25, 0.3) is 0 Å². The van der Waals surface area contributed by atoms with Gasteiger partial charge in [-0.15, -0.1) is 0 Å². The first kappa shape index (κ1) is 20.0. The van der Waals surface area contributed by atoms with Crippen molar-refractivity contribution in [3.8, 4) is 0 Å². The lowest BCUT2D eigenvalue weighted by Gasteiger charge is -2.65. The summed E-state index contributed by atoms with van der Waals surface area (Å²) in [6, 6.07) is 1.69. The van der Waals surface area contributed by atoms with Crippen LogP contribution in [-0.4, -0.2) is 53.2 Å². The van der Waals surface area contributed by atoms with Crippen LogP contribution in [0.2, 0.25) is 0 Å². The second kappa shape index (κ2) is 6.55. The second-order valence-corrected chi connectivity index (χ2v) is 9.49. The average molecular weight is 420 g/mol. The highest BCUT2D eigenvalue weighted by atomic mass is 16.6. The van der Waals surface area contributed by atoms with E-state index < -0.39 is 40.7 Å². The van der Waals surface area contributed by atoms with Crippen LogP contribution in [0.25, 0.3) is 0 Å². The standard InChI is InChI=1S/C22H28O8/c1-12-7-18(30-13(2)23)21-10-28-19(26)20(12,8-15(24)14-5-6-27-9-14)16(21)3-4-17(25)22(21)11-29-22/h5-6,9,12,15-18,24-25H,3-4,7-8,10-11H2,1-2H3/t12-,15+,16?,17?,18?,20?,21+,22?/m1/s1. The number of cyclic esters (lactones) is 1. The SMILES string of the molecule is CC(=O)OC1C[C@@H](C)C2(C[C@H](O)c3ccoc3)C(=O)OC[C@]13C2CCC(O)C31CO1. The number of furan rings is 1. The number of aliphatic hydroxyl groups is 2. The first-order chi connectivity index (χ1) is 14.3. The van der Waals surface area contributed by atoms with Gasteiger partial charge in [-0.3, -0.25) is 9.59 Å². The molecule has 1 aromatic heterocycles. The van der Waals surface area contributed by atoms with E-state index in [4.69, 9.17) is 18.6 Å². The molecule has 2 aliphatic carbocycles. The number of epoxide rings is 1. The molecule has 2 saturated heterocycles. The molecule has 5 unspecified atom stereocenters. The minimum absolute atomic E-state index is 0.0434. The van der Waals surface area contributed by atoms with E-state index in [2.05, 4.69) is 0 Å². The van der Waals surface area contributed by atoms with Gasteiger partial charge in [0.1, 0.15) is 18.3 Å². The quantitative estimate of drug-likeness (QED) is 0.559. The van der Waals surface area contributed by atoms with Gasteiger partial charge in [-0.05, 0) is 43.6 Å². The fourth-order valence-corrected chi connectivity index (χ4v) is 6.92. The molecule has 3 heterocycles. The normalized spacial score (nSPS) is 45.4. The molecule has 8 atom stereocenters. The maximum atomic E-state index is 13.4. The Labute approximate surface area is 174 Å². The van der Waals surface area contributed by atoms with Gasteiger partial charge in [0, 0.05) is 12.5 Å². The van der Waals surface area contributed by atoms with Gasteiger partial charge in [0.05, 0.1) is 42.2 Å². The lowest BCUT2D eigenvalue weighted by atomic mass is 9.41. The lowest BCUT2D eigenvalue weighted by molar-refractivity contribution is -0.279. The number of carbonyl (C=O) groups excluding carboxylic acids is 2. The average Bonchev–Trinajstić information content (AvgIpc) is 3.30. The molecule has 30 heavy (non-hydrogen) atoms. The number of aliphatic hydroxyl groups excluding tert-OH is 2. The summed E-state index contributed by atoms with van der Waals surface area (Å²) in [5, 5.41) is 21.8. The molecule has 0 aromatic carbocycles. The number of ether oxygens (including phenoxy) is 3. The summed E-state index contributed by atoms with van der Waals surface area (Å²) in [7, 11) is 0. The van der Waals surface area contributed by atoms with E-state index in [0.29, 0.717) is 31.4 Å². The maximum absolute atomic E-state index is 13.4. The van der Waals surface area contributed by atoms with E-state index >= 15 is 0 Å². The third-order valence-electron chi connectivity index (χ3n) is 8.36. The van der Waals surface area contributed by atoms with Gasteiger partial charge < -0.3 is 28.8 Å². The molecule has 4 fully saturated rings. The summed E-state index contributed by atoms with van der Waals surface area (Å²) in [6.45, 7) is 3.71. The minimum atomic E-state index is -0.968. The van der Waals surface area contributed by atoms with Crippen LogP contribution in [0.4, 0.5) is 0 Å². The zero-order valence-corrected chi connectivity index (χ0v) is 17.2. The molecule has 2 aliphatic heterocycles. The Hall–Kier alpha value is -1.90. The van der Waals surface area contributed by atoms with Crippen LogP contribution in [0.15, 0.2) is 23.0 Å². The topological polar surface area (TPSA) is 119 Å². The molecule has 164 valence electrons. The summed E-state index contributed by atoms with van der Waals surface area (Å²) in [5.41, 5.74) is -2.07. The molecule has 5 rings (SSSR count). The van der Waals surface area contributed by atoms with Gasteiger partial charge in [-0.1, -0.05) is 6.92 Å². The van der Waals surface area contributed by atoms with Crippen LogP contribution in [0.1, 0.15) is 51.2 Å². The predicted octanol–water partition coefficient (Wildman–Crippen LogP) is 1.74. The minimum Gasteiger partial charge on any atom is -0.472 e. The van der Waals surface area contributed by atoms with Crippen LogP contribution in [-0.2, 0) is 23.8 Å². The summed E-state index contributed by atoms with van der Waals surface area (Å²) < 4.78 is 22.6. The Bertz CT molecular complexity index is 845. The van der Waals surface area contributed by atoms with Crippen molar-refractivity contribution in [2.45, 2.75) is 63.4 Å². The largest absolute Gasteiger partial charge is 0.472 e. The number of hydrogen-bond donors (Lipinski definition) is 2. The number of hydrogen-bond acceptors (Lipinski definition) is 8. The van der Waals surface area contributed by atoms with Crippen LogP contribution in [0.5, 0.6) is 0 Å². The monoisotopic (exact) mass is 420 g/mol. The molecular formula is C22H28O8. The molecule has 1 spiro atoms. The van der Waals surface area contributed by atoms with Crippen molar-refractivity contribution in [3.05, 3.63) is 24.2 Å². The highest BCUT2D eigenvalue weighted by Gasteiger charge is 2.81. The fourth-order valence-electron chi connectivity index (χ4n) is 6.92. The maximum Gasteiger partial charge on any atom is 0.312 e. The first-order valence-corrected chi connectivity index (χ1v) is 10.6. The number of rotatable bonds is 4. The molecule has 0 radical (unpaired) electrons. The molecule has 2 saturated carbocycles. The van der Waals surface area contributed by atoms with Gasteiger partial charge >= 0.3 is 11.9 Å². The molecule has 1 aromatic rings. The summed E-state index contributed by atoms with van der Waals surface area (Å²) in [5.74, 6) is -1.17. The molecule has 0 amide bonds. The van der Waals surface area contributed by atoms with Crippen molar-refractivity contribution < 1.29 is 38.4 Å². The predicted molar refractivity (Wildman–Crippen MR) is 101 cm³/mol. The van der Waals surface area contributed by atoms with Crippen molar-refractivity contribution in [2.75, 3.05) is 13.2 Å². The van der Waals surface area contributed by atoms with Crippen LogP contribution in [0.3, 0.4) is 0 Å². The first-order valence-electron chi connectivity index (χ1n) is 10.6. The van der Waals surface area contributed by atoms with Gasteiger partial charge in [0.15, 0.2) is 0 Å².